The first-order chi connectivity index (χ1) is 17.2. The van der Waals surface area contributed by atoms with E-state index in [1.807, 2.05) is 18.2 Å². The predicted molar refractivity (Wildman–Crippen MR) is 133 cm³/mol. The van der Waals surface area contributed by atoms with E-state index in [1.54, 1.807) is 10.6 Å². The highest BCUT2D eigenvalue weighted by molar-refractivity contribution is 6.00. The van der Waals surface area contributed by atoms with Crippen molar-refractivity contribution in [1.29, 1.82) is 5.26 Å². The largest absolute Gasteiger partial charge is 0.387 e. The number of alkyl halides is 1. The molecular formula is C26H30FN7O2. The molecule has 9 nitrogen and oxygen atoms in total. The monoisotopic (exact) mass is 491 g/mol. The van der Waals surface area contributed by atoms with E-state index in [-0.39, 0.29) is 12.6 Å². The quantitative estimate of drug-likeness (QED) is 0.400. The van der Waals surface area contributed by atoms with Crippen LogP contribution in [0.2, 0.25) is 0 Å². The first-order valence-electron chi connectivity index (χ1n) is 12.2. The van der Waals surface area contributed by atoms with Crippen molar-refractivity contribution in [2.75, 3.05) is 25.0 Å². The zero-order chi connectivity index (χ0) is 25.4. The molecule has 188 valence electrons. The van der Waals surface area contributed by atoms with E-state index >= 15 is 0 Å². The van der Waals surface area contributed by atoms with E-state index in [4.69, 9.17) is 5.26 Å². The van der Waals surface area contributed by atoms with Crippen molar-refractivity contribution in [3.05, 3.63) is 47.8 Å². The highest BCUT2D eigenvalue weighted by atomic mass is 19.1. The van der Waals surface area contributed by atoms with E-state index in [0.717, 1.165) is 37.1 Å². The van der Waals surface area contributed by atoms with Crippen molar-refractivity contribution < 1.29 is 14.3 Å². The second kappa shape index (κ2) is 9.48. The third-order valence-corrected chi connectivity index (χ3v) is 7.31. The third-order valence-electron chi connectivity index (χ3n) is 7.31. The number of anilines is 1. The molecule has 1 saturated carbocycles. The summed E-state index contributed by atoms with van der Waals surface area (Å²) in [7, 11) is 0. The summed E-state index contributed by atoms with van der Waals surface area (Å²) < 4.78 is 16.0. The fourth-order valence-electron chi connectivity index (χ4n) is 5.18. The van der Waals surface area contributed by atoms with Gasteiger partial charge in [0, 0.05) is 12.2 Å². The zero-order valence-corrected chi connectivity index (χ0v) is 20.3. The van der Waals surface area contributed by atoms with Crippen LogP contribution >= 0.6 is 0 Å². The number of fused-ring (bicyclic) bond motifs is 3. The molecule has 1 aliphatic carbocycles. The summed E-state index contributed by atoms with van der Waals surface area (Å²) in [5, 5.41) is 33.1. The third kappa shape index (κ3) is 4.64. The molecule has 2 fully saturated rings. The van der Waals surface area contributed by atoms with Gasteiger partial charge in [-0.2, -0.15) is 10.4 Å². The highest BCUT2D eigenvalue weighted by Crippen LogP contribution is 2.37. The average Bonchev–Trinajstić information content (AvgIpc) is 3.36. The predicted octanol–water partition coefficient (Wildman–Crippen LogP) is 2.52. The first kappa shape index (κ1) is 24.2. The Hall–Kier alpha value is -3.55. The van der Waals surface area contributed by atoms with Crippen LogP contribution in [0.1, 0.15) is 42.6 Å². The van der Waals surface area contributed by atoms with Crippen molar-refractivity contribution in [3.8, 4) is 17.5 Å². The summed E-state index contributed by atoms with van der Waals surface area (Å²) in [6.07, 6.45) is 3.63. The molecule has 2 aliphatic rings. The molecule has 0 aromatic carbocycles. The Morgan fingerprint density at radius 1 is 1.31 bits per heavy atom. The van der Waals surface area contributed by atoms with Gasteiger partial charge in [-0.3, -0.25) is 9.78 Å². The number of carbonyl (C=O) groups excluding carboxylic acids is 1. The molecule has 0 radical (unpaired) electrons. The smallest absolute Gasteiger partial charge is 0.255 e. The fraction of sp³-hybridized carbons (Fsp3) is 0.462. The number of hydrogen-bond donors (Lipinski definition) is 4. The number of carbonyl (C=O) groups is 1. The maximum atomic E-state index is 14.3. The minimum Gasteiger partial charge on any atom is -0.387 e. The minimum atomic E-state index is -1.61. The molecule has 3 unspecified atom stereocenters. The highest BCUT2D eigenvalue weighted by Gasteiger charge is 2.39. The van der Waals surface area contributed by atoms with Gasteiger partial charge < -0.3 is 21.1 Å². The molecule has 2 bridgehead atoms. The van der Waals surface area contributed by atoms with E-state index < -0.39 is 17.7 Å². The molecule has 3 aromatic heterocycles. The van der Waals surface area contributed by atoms with Gasteiger partial charge in [0.2, 0.25) is 0 Å². The van der Waals surface area contributed by atoms with Gasteiger partial charge in [-0.05, 0) is 75.9 Å². The lowest BCUT2D eigenvalue weighted by Crippen LogP contribution is -2.46. The molecular weight excluding hydrogens is 461 g/mol. The molecule has 1 amide bonds. The topological polar surface area (TPSA) is 127 Å². The van der Waals surface area contributed by atoms with Crippen LogP contribution in [0.5, 0.6) is 0 Å². The van der Waals surface area contributed by atoms with Crippen LogP contribution in [0.3, 0.4) is 0 Å². The minimum absolute atomic E-state index is 0.221. The van der Waals surface area contributed by atoms with Crippen LogP contribution in [0.15, 0.2) is 36.7 Å². The van der Waals surface area contributed by atoms with Crippen molar-refractivity contribution in [3.63, 3.8) is 0 Å². The van der Waals surface area contributed by atoms with Gasteiger partial charge in [-0.15, -0.1) is 0 Å². The Balaban J connectivity index is 1.48. The number of piperidine rings is 1. The number of aliphatic hydroxyl groups is 1. The van der Waals surface area contributed by atoms with Crippen LogP contribution in [0, 0.1) is 23.2 Å². The lowest BCUT2D eigenvalue weighted by Gasteiger charge is -2.33. The number of halogens is 1. The second-order valence-electron chi connectivity index (χ2n) is 10.3. The summed E-state index contributed by atoms with van der Waals surface area (Å²) in [6.45, 7) is 4.29. The summed E-state index contributed by atoms with van der Waals surface area (Å²) in [6, 6.07) is 9.64. The number of nitriles is 1. The molecule has 0 spiro atoms. The number of aromatic nitrogens is 3. The molecule has 3 atom stereocenters. The average molecular weight is 492 g/mol. The molecule has 1 saturated heterocycles. The zero-order valence-electron chi connectivity index (χ0n) is 20.3. The van der Waals surface area contributed by atoms with Crippen molar-refractivity contribution >= 4 is 17.1 Å². The summed E-state index contributed by atoms with van der Waals surface area (Å²) in [5.74, 6) is 0.463. The Kier molecular flexibility index (Phi) is 6.36. The summed E-state index contributed by atoms with van der Waals surface area (Å²) >= 11 is 0. The number of hydrogen-bond acceptors (Lipinski definition) is 7. The standard InChI is InChI=1S/C26H30FN7O2/c1-26(2,36)23(27)14-31-25(35)19-13-30-21(22-6-5-18-7-15(9-28)10-32-34(18)22)8-20(19)33-24-16-3-4-17(24)12-29-11-16/h5-8,10,13,16-17,23-24,29,36H,3-4,11-12,14H2,1-2H3,(H,30,33)(H,31,35). The molecule has 4 heterocycles. The molecule has 5 rings (SSSR count). The van der Waals surface area contributed by atoms with Crippen LogP contribution in [0.25, 0.3) is 16.9 Å². The van der Waals surface area contributed by atoms with Crippen LogP contribution < -0.4 is 16.0 Å². The Morgan fingerprint density at radius 2 is 2.06 bits per heavy atom. The van der Waals surface area contributed by atoms with Gasteiger partial charge in [0.15, 0.2) is 0 Å². The van der Waals surface area contributed by atoms with Gasteiger partial charge in [0.1, 0.15) is 12.2 Å². The second-order valence-corrected chi connectivity index (χ2v) is 10.3. The van der Waals surface area contributed by atoms with Crippen molar-refractivity contribution in [2.24, 2.45) is 11.8 Å². The van der Waals surface area contributed by atoms with E-state index in [9.17, 15) is 14.3 Å². The maximum Gasteiger partial charge on any atom is 0.255 e. The summed E-state index contributed by atoms with van der Waals surface area (Å²) in [5.41, 5.74) is 1.96. The molecule has 3 aromatic rings. The van der Waals surface area contributed by atoms with Crippen molar-refractivity contribution in [2.45, 2.75) is 44.5 Å². The molecule has 10 heteroatoms. The van der Waals surface area contributed by atoms with Gasteiger partial charge >= 0.3 is 0 Å². The maximum absolute atomic E-state index is 14.3. The summed E-state index contributed by atoms with van der Waals surface area (Å²) in [4.78, 5) is 17.6. The Morgan fingerprint density at radius 3 is 2.75 bits per heavy atom. The molecule has 1 aliphatic heterocycles. The number of nitrogens with one attached hydrogen (secondary N) is 3. The number of rotatable bonds is 7. The van der Waals surface area contributed by atoms with Crippen molar-refractivity contribution in [1.82, 2.24) is 25.2 Å². The van der Waals surface area contributed by atoms with Gasteiger partial charge in [-0.25, -0.2) is 8.91 Å². The lowest BCUT2D eigenvalue weighted by molar-refractivity contribution is -0.00177. The molecule has 4 N–H and O–H groups in total. The fourth-order valence-corrected chi connectivity index (χ4v) is 5.18. The van der Waals surface area contributed by atoms with Gasteiger partial charge in [0.05, 0.1) is 52.1 Å². The number of nitrogens with zero attached hydrogens (tertiary/aromatic N) is 4. The van der Waals surface area contributed by atoms with E-state index in [2.05, 4.69) is 32.1 Å². The number of amides is 1. The van der Waals surface area contributed by atoms with Gasteiger partial charge in [0.25, 0.3) is 5.91 Å². The lowest BCUT2D eigenvalue weighted by atomic mass is 9.93. The SMILES string of the molecule is CC(C)(O)C(F)CNC(=O)c1cnc(-c2ccc3cc(C#N)cnn23)cc1NC1C2CCC1CNC2. The Bertz CT molecular complexity index is 1310. The van der Waals surface area contributed by atoms with Gasteiger partial charge in [-0.1, -0.05) is 0 Å². The molecule has 36 heavy (non-hydrogen) atoms. The van der Waals surface area contributed by atoms with Crippen LogP contribution in [-0.4, -0.2) is 63.1 Å². The van der Waals surface area contributed by atoms with Crippen LogP contribution in [-0.2, 0) is 0 Å². The Labute approximate surface area is 208 Å². The van der Waals surface area contributed by atoms with E-state index in [1.165, 1.54) is 26.2 Å². The van der Waals surface area contributed by atoms with Crippen LogP contribution in [0.4, 0.5) is 10.1 Å². The normalized spacial score (nSPS) is 22.2. The van der Waals surface area contributed by atoms with E-state index in [0.29, 0.717) is 34.3 Å². The number of pyridine rings is 1. The first-order valence-corrected chi connectivity index (χ1v) is 12.2.